The van der Waals surface area contributed by atoms with Crippen molar-refractivity contribution in [3.05, 3.63) is 12.2 Å². The Labute approximate surface area is 163 Å². The molecule has 0 amide bonds. The molecule has 2 aliphatic rings. The Hall–Kier alpha value is -0.590. The van der Waals surface area contributed by atoms with Gasteiger partial charge in [0.2, 0.25) is 0 Å². The van der Waals surface area contributed by atoms with Crippen LogP contribution in [0.15, 0.2) is 12.2 Å². The Morgan fingerprint density at radius 2 is 1.69 bits per heavy atom. The second kappa shape index (κ2) is 10.7. The molecule has 0 spiro atoms. The number of rotatable bonds is 11. The molecule has 2 rings (SSSR count). The molecule has 0 N–H and O–H groups in total. The van der Waals surface area contributed by atoms with Crippen molar-refractivity contribution in [3.63, 3.8) is 0 Å². The first kappa shape index (κ1) is 21.7. The van der Waals surface area contributed by atoms with Crippen molar-refractivity contribution >= 4 is 5.78 Å². The maximum absolute atomic E-state index is 11.5. The summed E-state index contributed by atoms with van der Waals surface area (Å²) in [6.07, 6.45) is 19.8. The molecule has 150 valence electrons. The van der Waals surface area contributed by atoms with Crippen molar-refractivity contribution in [2.75, 3.05) is 0 Å². The van der Waals surface area contributed by atoms with Crippen LogP contribution in [0.25, 0.3) is 0 Å². The van der Waals surface area contributed by atoms with Gasteiger partial charge in [0.15, 0.2) is 0 Å². The van der Waals surface area contributed by atoms with Crippen molar-refractivity contribution in [3.8, 4) is 0 Å². The van der Waals surface area contributed by atoms with E-state index < -0.39 is 0 Å². The van der Waals surface area contributed by atoms with Crippen molar-refractivity contribution in [2.24, 2.45) is 23.2 Å². The molecule has 0 aromatic carbocycles. The predicted molar refractivity (Wildman–Crippen MR) is 113 cm³/mol. The van der Waals surface area contributed by atoms with Crippen LogP contribution in [-0.4, -0.2) is 5.78 Å². The summed E-state index contributed by atoms with van der Waals surface area (Å²) in [5.41, 5.74) is 2.09. The number of ketones is 1. The van der Waals surface area contributed by atoms with Gasteiger partial charge in [0.25, 0.3) is 0 Å². The SMILES string of the molecule is C=C(CCC(C)C)CCC(CCCC(C)=O)C12CCCCCCC1CC2. The first-order valence-corrected chi connectivity index (χ1v) is 11.6. The molecule has 0 aliphatic heterocycles. The van der Waals surface area contributed by atoms with E-state index in [2.05, 4.69) is 20.4 Å². The highest BCUT2D eigenvalue weighted by molar-refractivity contribution is 5.75. The van der Waals surface area contributed by atoms with Crippen molar-refractivity contribution in [2.45, 2.75) is 117 Å². The van der Waals surface area contributed by atoms with Crippen molar-refractivity contribution in [1.82, 2.24) is 0 Å². The lowest BCUT2D eigenvalue weighted by atomic mass is 9.49. The van der Waals surface area contributed by atoms with Crippen molar-refractivity contribution in [1.29, 1.82) is 0 Å². The van der Waals surface area contributed by atoms with Crippen LogP contribution in [-0.2, 0) is 4.79 Å². The number of allylic oxidation sites excluding steroid dienone is 1. The topological polar surface area (TPSA) is 17.1 Å². The molecule has 0 aromatic rings. The number of carbonyl (C=O) groups excluding carboxylic acids is 1. The number of Topliss-reactive ketones (excluding diaryl/α,β-unsaturated/α-hetero) is 1. The lowest BCUT2D eigenvalue weighted by Gasteiger charge is -2.56. The summed E-state index contributed by atoms with van der Waals surface area (Å²) >= 11 is 0. The normalized spacial score (nSPS) is 27.2. The average molecular weight is 361 g/mol. The van der Waals surface area contributed by atoms with Crippen LogP contribution in [0.2, 0.25) is 0 Å². The zero-order valence-corrected chi connectivity index (χ0v) is 18.0. The maximum atomic E-state index is 11.5. The third kappa shape index (κ3) is 6.24. The highest BCUT2D eigenvalue weighted by Crippen LogP contribution is 2.60. The van der Waals surface area contributed by atoms with Gasteiger partial charge in [0.05, 0.1) is 0 Å². The molecule has 0 bridgehead atoms. The van der Waals surface area contributed by atoms with Gasteiger partial charge in [-0.2, -0.15) is 0 Å². The molecule has 2 saturated carbocycles. The quantitative estimate of drug-likeness (QED) is 0.342. The Balaban J connectivity index is 1.97. The van der Waals surface area contributed by atoms with Crippen LogP contribution in [0.4, 0.5) is 0 Å². The van der Waals surface area contributed by atoms with Gasteiger partial charge in [-0.25, -0.2) is 0 Å². The van der Waals surface area contributed by atoms with E-state index in [4.69, 9.17) is 0 Å². The summed E-state index contributed by atoms with van der Waals surface area (Å²) in [4.78, 5) is 11.5. The molecule has 1 heteroatoms. The minimum Gasteiger partial charge on any atom is -0.300 e. The van der Waals surface area contributed by atoms with Gasteiger partial charge in [-0.05, 0) is 94.3 Å². The molecular formula is C25H44O. The fourth-order valence-corrected chi connectivity index (χ4v) is 5.73. The minimum atomic E-state index is 0.366. The molecular weight excluding hydrogens is 316 g/mol. The lowest BCUT2D eigenvalue weighted by Crippen LogP contribution is -2.46. The van der Waals surface area contributed by atoms with E-state index in [1.165, 1.54) is 89.0 Å². The van der Waals surface area contributed by atoms with E-state index in [-0.39, 0.29) is 0 Å². The van der Waals surface area contributed by atoms with Crippen LogP contribution in [0, 0.1) is 23.2 Å². The third-order valence-corrected chi connectivity index (χ3v) is 7.53. The van der Waals surface area contributed by atoms with E-state index in [0.29, 0.717) is 11.2 Å². The first-order valence-electron chi connectivity index (χ1n) is 11.6. The van der Waals surface area contributed by atoms with Gasteiger partial charge in [0, 0.05) is 6.42 Å². The summed E-state index contributed by atoms with van der Waals surface area (Å²) in [6.45, 7) is 10.8. The molecule has 2 fully saturated rings. The first-order chi connectivity index (χ1) is 12.4. The summed E-state index contributed by atoms with van der Waals surface area (Å²) in [5, 5.41) is 0. The van der Waals surface area contributed by atoms with E-state index >= 15 is 0 Å². The Morgan fingerprint density at radius 3 is 2.35 bits per heavy atom. The lowest BCUT2D eigenvalue weighted by molar-refractivity contribution is -0.117. The van der Waals surface area contributed by atoms with Gasteiger partial charge in [-0.1, -0.05) is 51.7 Å². The van der Waals surface area contributed by atoms with Gasteiger partial charge in [0.1, 0.15) is 5.78 Å². The molecule has 0 heterocycles. The maximum Gasteiger partial charge on any atom is 0.129 e. The number of hydrogen-bond donors (Lipinski definition) is 0. The predicted octanol–water partition coefficient (Wildman–Crippen LogP) is 7.89. The zero-order chi connectivity index (χ0) is 19.0. The summed E-state index contributed by atoms with van der Waals surface area (Å²) < 4.78 is 0. The monoisotopic (exact) mass is 360 g/mol. The van der Waals surface area contributed by atoms with Crippen LogP contribution in [0.1, 0.15) is 117 Å². The second-order valence-electron chi connectivity index (χ2n) is 9.93. The van der Waals surface area contributed by atoms with E-state index in [1.54, 1.807) is 6.92 Å². The zero-order valence-electron chi connectivity index (χ0n) is 18.0. The van der Waals surface area contributed by atoms with Crippen LogP contribution >= 0.6 is 0 Å². The molecule has 0 radical (unpaired) electrons. The molecule has 0 saturated heterocycles. The smallest absolute Gasteiger partial charge is 0.129 e. The highest BCUT2D eigenvalue weighted by atomic mass is 16.1. The second-order valence-corrected chi connectivity index (χ2v) is 9.93. The molecule has 3 atom stereocenters. The van der Waals surface area contributed by atoms with Gasteiger partial charge in [-0.15, -0.1) is 0 Å². The molecule has 2 aliphatic carbocycles. The number of carbonyl (C=O) groups is 1. The van der Waals surface area contributed by atoms with E-state index in [1.807, 2.05) is 0 Å². The van der Waals surface area contributed by atoms with Gasteiger partial charge >= 0.3 is 0 Å². The Kier molecular flexibility index (Phi) is 8.91. The molecule has 3 unspecified atom stereocenters. The third-order valence-electron chi connectivity index (χ3n) is 7.53. The summed E-state index contributed by atoms with van der Waals surface area (Å²) in [6, 6.07) is 0. The largest absolute Gasteiger partial charge is 0.300 e. The average Bonchev–Trinajstić information content (AvgIpc) is 2.56. The Morgan fingerprint density at radius 1 is 0.962 bits per heavy atom. The number of hydrogen-bond acceptors (Lipinski definition) is 1. The van der Waals surface area contributed by atoms with Crippen LogP contribution < -0.4 is 0 Å². The van der Waals surface area contributed by atoms with Gasteiger partial charge in [-0.3, -0.25) is 0 Å². The minimum absolute atomic E-state index is 0.366. The van der Waals surface area contributed by atoms with E-state index in [9.17, 15) is 4.79 Å². The fourth-order valence-electron chi connectivity index (χ4n) is 5.73. The molecule has 0 aromatic heterocycles. The molecule has 1 nitrogen and oxygen atoms in total. The van der Waals surface area contributed by atoms with Gasteiger partial charge < -0.3 is 4.79 Å². The number of fused-ring (bicyclic) bond motifs is 1. The summed E-state index contributed by atoms with van der Waals surface area (Å²) in [7, 11) is 0. The van der Waals surface area contributed by atoms with Crippen LogP contribution in [0.3, 0.4) is 0 Å². The summed E-state index contributed by atoms with van der Waals surface area (Å²) in [5.74, 6) is 2.95. The van der Waals surface area contributed by atoms with E-state index in [0.717, 1.165) is 30.6 Å². The molecule has 26 heavy (non-hydrogen) atoms. The Bertz CT molecular complexity index is 449. The van der Waals surface area contributed by atoms with Crippen LogP contribution in [0.5, 0.6) is 0 Å². The van der Waals surface area contributed by atoms with Crippen molar-refractivity contribution < 1.29 is 4.79 Å². The fraction of sp³-hybridized carbons (Fsp3) is 0.880. The highest BCUT2D eigenvalue weighted by Gasteiger charge is 2.50. The standard InChI is InChI=1S/C25H44O/c1-20(2)13-14-21(3)15-16-23(12-9-10-22(4)26)25-18-8-6-5-7-11-24(25)17-19-25/h20,23-24H,3,5-19H2,1-2,4H3.